The van der Waals surface area contributed by atoms with Crippen LogP contribution in [0.15, 0.2) is 54.6 Å². The number of hydrogen-bond donors (Lipinski definition) is 1. The van der Waals surface area contributed by atoms with Crippen molar-refractivity contribution in [3.05, 3.63) is 71.3 Å². The van der Waals surface area contributed by atoms with Crippen molar-refractivity contribution in [2.45, 2.75) is 18.9 Å². The van der Waals surface area contributed by atoms with Crippen LogP contribution in [0.1, 0.15) is 22.7 Å². The number of nitrogens with zero attached hydrogens (tertiary/aromatic N) is 1. The Kier molecular flexibility index (Phi) is 3.70. The average Bonchev–Trinajstić information content (AvgIpc) is 2.97. The van der Waals surface area contributed by atoms with Gasteiger partial charge in [-0.1, -0.05) is 54.6 Å². The van der Waals surface area contributed by atoms with Gasteiger partial charge in [-0.05, 0) is 29.5 Å². The minimum absolute atomic E-state index is 0.0402. The quantitative estimate of drug-likeness (QED) is 0.937. The summed E-state index contributed by atoms with van der Waals surface area (Å²) in [4.78, 5) is 12.4. The van der Waals surface area contributed by atoms with Gasteiger partial charge in [0.1, 0.15) is 6.04 Å². The van der Waals surface area contributed by atoms with Crippen molar-refractivity contribution in [3.63, 3.8) is 0 Å². The number of rotatable bonds is 3. The fourth-order valence-electron chi connectivity index (χ4n) is 2.84. The molecule has 1 aliphatic rings. The lowest BCUT2D eigenvalue weighted by atomic mass is 10.0. The van der Waals surface area contributed by atoms with Crippen molar-refractivity contribution in [1.29, 1.82) is 5.26 Å². The van der Waals surface area contributed by atoms with Gasteiger partial charge >= 0.3 is 0 Å². The number of carbonyl (C=O) groups excluding carboxylic acids is 1. The largest absolute Gasteiger partial charge is 0.336 e. The van der Waals surface area contributed by atoms with Gasteiger partial charge in [-0.15, -0.1) is 0 Å². The molecule has 21 heavy (non-hydrogen) atoms. The van der Waals surface area contributed by atoms with Crippen molar-refractivity contribution in [3.8, 4) is 6.07 Å². The first kappa shape index (κ1) is 13.4. The maximum Gasteiger partial charge on any atom is 0.225 e. The number of benzene rings is 2. The van der Waals surface area contributed by atoms with E-state index in [4.69, 9.17) is 0 Å². The molecule has 2 aromatic rings. The molecule has 0 spiro atoms. The maximum atomic E-state index is 12.4. The zero-order chi connectivity index (χ0) is 14.7. The number of amides is 1. The van der Waals surface area contributed by atoms with Crippen LogP contribution in [0.25, 0.3) is 0 Å². The summed E-state index contributed by atoms with van der Waals surface area (Å²) in [5.74, 6) is -0.108. The number of fused-ring (bicyclic) bond motifs is 1. The van der Waals surface area contributed by atoms with Crippen LogP contribution in [-0.4, -0.2) is 5.91 Å². The minimum Gasteiger partial charge on any atom is -0.336 e. The first-order valence-electron chi connectivity index (χ1n) is 7.09. The average molecular weight is 276 g/mol. The second kappa shape index (κ2) is 5.80. The van der Waals surface area contributed by atoms with Crippen LogP contribution in [0.5, 0.6) is 0 Å². The first-order valence-corrected chi connectivity index (χ1v) is 7.09. The van der Waals surface area contributed by atoms with Crippen LogP contribution in [0.2, 0.25) is 0 Å². The molecule has 104 valence electrons. The monoisotopic (exact) mass is 276 g/mol. The van der Waals surface area contributed by atoms with E-state index in [0.29, 0.717) is 0 Å². The Hall–Kier alpha value is -2.60. The number of nitrogens with one attached hydrogen (secondary N) is 1. The normalized spacial score (nSPS) is 15.0. The van der Waals surface area contributed by atoms with E-state index >= 15 is 0 Å². The Morgan fingerprint density at radius 3 is 2.19 bits per heavy atom. The van der Waals surface area contributed by atoms with Gasteiger partial charge in [-0.3, -0.25) is 4.79 Å². The number of carbonyl (C=O) groups is 1. The highest BCUT2D eigenvalue weighted by Gasteiger charge is 2.28. The van der Waals surface area contributed by atoms with Gasteiger partial charge in [0.25, 0.3) is 0 Å². The third kappa shape index (κ3) is 2.80. The van der Waals surface area contributed by atoms with E-state index < -0.39 is 6.04 Å². The molecule has 3 heteroatoms. The summed E-state index contributed by atoms with van der Waals surface area (Å²) in [6.07, 6.45) is 1.52. The summed E-state index contributed by atoms with van der Waals surface area (Å²) in [6.45, 7) is 0. The first-order chi connectivity index (χ1) is 10.3. The van der Waals surface area contributed by atoms with Crippen molar-refractivity contribution in [1.82, 2.24) is 5.32 Å². The van der Waals surface area contributed by atoms with E-state index in [0.717, 1.165) is 18.4 Å². The van der Waals surface area contributed by atoms with Gasteiger partial charge < -0.3 is 5.32 Å². The molecular weight excluding hydrogens is 260 g/mol. The molecule has 0 heterocycles. The predicted molar refractivity (Wildman–Crippen MR) is 80.3 cm³/mol. The van der Waals surface area contributed by atoms with Gasteiger partial charge in [0, 0.05) is 5.92 Å². The Morgan fingerprint density at radius 2 is 1.62 bits per heavy atom. The SMILES string of the molecule is N#CC(NC(=O)C1Cc2ccccc2C1)c1ccccc1. The topological polar surface area (TPSA) is 52.9 Å². The molecule has 3 nitrogen and oxygen atoms in total. The van der Waals surface area contributed by atoms with Gasteiger partial charge in [0.2, 0.25) is 5.91 Å². The molecule has 0 radical (unpaired) electrons. The lowest BCUT2D eigenvalue weighted by Crippen LogP contribution is -2.33. The van der Waals surface area contributed by atoms with Gasteiger partial charge in [0.15, 0.2) is 0 Å². The fraction of sp³-hybridized carbons (Fsp3) is 0.222. The third-order valence-corrected chi connectivity index (χ3v) is 3.97. The molecule has 1 atom stereocenters. The van der Waals surface area contributed by atoms with Gasteiger partial charge in [0.05, 0.1) is 6.07 Å². The molecule has 1 unspecified atom stereocenters. The lowest BCUT2D eigenvalue weighted by Gasteiger charge is -2.15. The summed E-state index contributed by atoms with van der Waals surface area (Å²) >= 11 is 0. The highest BCUT2D eigenvalue weighted by molar-refractivity contribution is 5.81. The van der Waals surface area contributed by atoms with E-state index in [9.17, 15) is 10.1 Å². The molecule has 0 bridgehead atoms. The fourth-order valence-corrected chi connectivity index (χ4v) is 2.84. The summed E-state index contributed by atoms with van der Waals surface area (Å²) < 4.78 is 0. The lowest BCUT2D eigenvalue weighted by molar-refractivity contribution is -0.125. The van der Waals surface area contributed by atoms with Crippen LogP contribution < -0.4 is 5.32 Å². The smallest absolute Gasteiger partial charge is 0.225 e. The summed E-state index contributed by atoms with van der Waals surface area (Å²) in [7, 11) is 0. The van der Waals surface area contributed by atoms with Crippen LogP contribution in [0.4, 0.5) is 0 Å². The maximum absolute atomic E-state index is 12.4. The predicted octanol–water partition coefficient (Wildman–Crippen LogP) is 2.78. The van der Waals surface area contributed by atoms with Crippen LogP contribution in [-0.2, 0) is 17.6 Å². The molecular formula is C18H16N2O. The summed E-state index contributed by atoms with van der Waals surface area (Å²) in [6, 6.07) is 19.1. The van der Waals surface area contributed by atoms with E-state index in [-0.39, 0.29) is 11.8 Å². The Bertz CT molecular complexity index is 663. The molecule has 1 amide bonds. The molecule has 0 fully saturated rings. The second-order valence-corrected chi connectivity index (χ2v) is 5.36. The van der Waals surface area contributed by atoms with E-state index in [2.05, 4.69) is 23.5 Å². The minimum atomic E-state index is -0.581. The van der Waals surface area contributed by atoms with Crippen molar-refractivity contribution in [2.75, 3.05) is 0 Å². The van der Waals surface area contributed by atoms with E-state index in [1.165, 1.54) is 11.1 Å². The molecule has 1 N–H and O–H groups in total. The van der Waals surface area contributed by atoms with Crippen LogP contribution in [0, 0.1) is 17.2 Å². The zero-order valence-corrected chi connectivity index (χ0v) is 11.6. The Morgan fingerprint density at radius 1 is 1.05 bits per heavy atom. The van der Waals surface area contributed by atoms with E-state index in [1.807, 2.05) is 42.5 Å². The van der Waals surface area contributed by atoms with Crippen LogP contribution >= 0.6 is 0 Å². The second-order valence-electron chi connectivity index (χ2n) is 5.36. The van der Waals surface area contributed by atoms with Crippen LogP contribution in [0.3, 0.4) is 0 Å². The molecule has 0 saturated carbocycles. The summed E-state index contributed by atoms with van der Waals surface area (Å²) in [5, 5.41) is 12.1. The molecule has 0 aliphatic heterocycles. The highest BCUT2D eigenvalue weighted by atomic mass is 16.1. The molecule has 1 aliphatic carbocycles. The Labute approximate surface area is 124 Å². The standard InChI is InChI=1S/C18H16N2O/c19-12-17(13-6-2-1-3-7-13)20-18(21)16-10-14-8-4-5-9-15(14)11-16/h1-9,16-17H,10-11H2,(H,20,21). The Balaban J connectivity index is 1.69. The molecule has 0 saturated heterocycles. The third-order valence-electron chi connectivity index (χ3n) is 3.97. The summed E-state index contributed by atoms with van der Waals surface area (Å²) in [5.41, 5.74) is 3.31. The number of nitriles is 1. The van der Waals surface area contributed by atoms with Gasteiger partial charge in [-0.2, -0.15) is 5.26 Å². The van der Waals surface area contributed by atoms with Crippen molar-refractivity contribution >= 4 is 5.91 Å². The van der Waals surface area contributed by atoms with E-state index in [1.54, 1.807) is 0 Å². The molecule has 2 aromatic carbocycles. The van der Waals surface area contributed by atoms with Gasteiger partial charge in [-0.25, -0.2) is 0 Å². The zero-order valence-electron chi connectivity index (χ0n) is 11.6. The number of hydrogen-bond acceptors (Lipinski definition) is 2. The van der Waals surface area contributed by atoms with Crippen molar-refractivity contribution in [2.24, 2.45) is 5.92 Å². The molecule has 0 aromatic heterocycles. The highest BCUT2D eigenvalue weighted by Crippen LogP contribution is 2.27. The molecule has 3 rings (SSSR count). The van der Waals surface area contributed by atoms with Crippen molar-refractivity contribution < 1.29 is 4.79 Å².